The molecule has 0 unspecified atom stereocenters. The summed E-state index contributed by atoms with van der Waals surface area (Å²) in [5.74, 6) is 0. The molecule has 1 aromatic rings. The van der Waals surface area contributed by atoms with E-state index in [0.29, 0.717) is 6.54 Å². The molecule has 0 bridgehead atoms. The molecule has 0 spiro atoms. The minimum Gasteiger partial charge on any atom is -0.211 e. The van der Waals surface area contributed by atoms with Crippen molar-refractivity contribution in [2.24, 2.45) is 0 Å². The van der Waals surface area contributed by atoms with E-state index in [2.05, 4.69) is 15.9 Å². The molecule has 0 saturated carbocycles. The van der Waals surface area contributed by atoms with Crippen molar-refractivity contribution in [3.05, 3.63) is 22.4 Å². The summed E-state index contributed by atoms with van der Waals surface area (Å²) in [6, 6.07) is 1.92. The van der Waals surface area contributed by atoms with Gasteiger partial charge in [0.1, 0.15) is 4.66 Å². The maximum absolute atomic E-state index is 11.3. The van der Waals surface area contributed by atoms with Crippen LogP contribution in [-0.2, 0) is 16.6 Å². The van der Waals surface area contributed by atoms with Crippen LogP contribution < -0.4 is 0 Å². The number of halogens is 1. The number of thiophene rings is 1. The van der Waals surface area contributed by atoms with Crippen molar-refractivity contribution in [3.63, 3.8) is 0 Å². The molecule has 0 saturated heterocycles. The van der Waals surface area contributed by atoms with Gasteiger partial charge in [0.05, 0.1) is 0 Å². The molecule has 0 N–H and O–H groups in total. The Labute approximate surface area is 90.6 Å². The molecule has 0 amide bonds. The average Bonchev–Trinajstić information content (AvgIpc) is 2.57. The highest BCUT2D eigenvalue weighted by Crippen LogP contribution is 2.11. The fourth-order valence-corrected chi connectivity index (χ4v) is 3.04. The fraction of sp³-hybridized carbons (Fsp3) is 0.429. The summed E-state index contributed by atoms with van der Waals surface area (Å²) in [6.45, 7) is 0.442. The SMILES string of the molecule is CN(Cc1ccsc1)S(=O)(=O)CBr. The van der Waals surface area contributed by atoms with E-state index in [-0.39, 0.29) is 4.66 Å². The van der Waals surface area contributed by atoms with Crippen molar-refractivity contribution in [2.45, 2.75) is 6.54 Å². The van der Waals surface area contributed by atoms with Crippen LogP contribution in [-0.4, -0.2) is 24.4 Å². The average molecular weight is 284 g/mol. The number of hydrogen-bond acceptors (Lipinski definition) is 3. The Morgan fingerprint density at radius 3 is 2.77 bits per heavy atom. The first-order chi connectivity index (χ1) is 6.06. The van der Waals surface area contributed by atoms with Gasteiger partial charge < -0.3 is 0 Å². The number of nitrogens with zero attached hydrogens (tertiary/aromatic N) is 1. The minimum absolute atomic E-state index is 0.0271. The Balaban J connectivity index is 2.66. The maximum Gasteiger partial charge on any atom is 0.224 e. The highest BCUT2D eigenvalue weighted by molar-refractivity contribution is 9.10. The second kappa shape index (κ2) is 4.54. The monoisotopic (exact) mass is 283 g/mol. The first-order valence-corrected chi connectivity index (χ1v) is 7.24. The largest absolute Gasteiger partial charge is 0.224 e. The van der Waals surface area contributed by atoms with E-state index in [0.717, 1.165) is 5.56 Å². The summed E-state index contributed by atoms with van der Waals surface area (Å²) >= 11 is 4.52. The molecule has 0 aliphatic carbocycles. The summed E-state index contributed by atoms with van der Waals surface area (Å²) < 4.78 is 23.9. The molecule has 1 aromatic heterocycles. The molecule has 1 rings (SSSR count). The van der Waals surface area contributed by atoms with Crippen LogP contribution >= 0.6 is 27.3 Å². The fourth-order valence-electron chi connectivity index (χ4n) is 0.821. The molecule has 74 valence electrons. The zero-order chi connectivity index (χ0) is 9.90. The van der Waals surface area contributed by atoms with Crippen LogP contribution in [0.15, 0.2) is 16.8 Å². The minimum atomic E-state index is -3.12. The Morgan fingerprint density at radius 2 is 2.31 bits per heavy atom. The van der Waals surface area contributed by atoms with Gasteiger partial charge in [-0.15, -0.1) is 0 Å². The van der Waals surface area contributed by atoms with Crippen molar-refractivity contribution < 1.29 is 8.42 Å². The van der Waals surface area contributed by atoms with E-state index in [1.807, 2.05) is 16.8 Å². The lowest BCUT2D eigenvalue weighted by Gasteiger charge is -2.13. The molecule has 0 atom stereocenters. The third-order valence-electron chi connectivity index (χ3n) is 1.60. The van der Waals surface area contributed by atoms with Crippen LogP contribution in [0.2, 0.25) is 0 Å². The lowest BCUT2D eigenvalue weighted by molar-refractivity contribution is 0.472. The normalized spacial score (nSPS) is 12.2. The van der Waals surface area contributed by atoms with E-state index in [1.165, 1.54) is 4.31 Å². The molecular weight excluding hydrogens is 274 g/mol. The first-order valence-electron chi connectivity index (χ1n) is 3.57. The Kier molecular flexibility index (Phi) is 3.90. The van der Waals surface area contributed by atoms with E-state index in [4.69, 9.17) is 0 Å². The van der Waals surface area contributed by atoms with Crippen molar-refractivity contribution in [1.82, 2.24) is 4.31 Å². The van der Waals surface area contributed by atoms with Gasteiger partial charge in [0.2, 0.25) is 10.0 Å². The molecule has 0 aliphatic heterocycles. The van der Waals surface area contributed by atoms with Crippen LogP contribution in [0.3, 0.4) is 0 Å². The van der Waals surface area contributed by atoms with Crippen molar-refractivity contribution in [2.75, 3.05) is 11.7 Å². The predicted octanol–water partition coefficient (Wildman–Crippen LogP) is 1.86. The third kappa shape index (κ3) is 3.05. The number of sulfonamides is 1. The van der Waals surface area contributed by atoms with E-state index < -0.39 is 10.0 Å². The second-order valence-corrected chi connectivity index (χ2v) is 6.77. The highest BCUT2D eigenvalue weighted by Gasteiger charge is 2.15. The smallest absolute Gasteiger partial charge is 0.211 e. The number of rotatable bonds is 4. The third-order valence-corrected chi connectivity index (χ3v) is 5.42. The van der Waals surface area contributed by atoms with Gasteiger partial charge in [-0.25, -0.2) is 8.42 Å². The Morgan fingerprint density at radius 1 is 1.62 bits per heavy atom. The highest BCUT2D eigenvalue weighted by atomic mass is 79.9. The van der Waals surface area contributed by atoms with E-state index in [1.54, 1.807) is 18.4 Å². The van der Waals surface area contributed by atoms with Gasteiger partial charge in [-0.05, 0) is 22.4 Å². The lowest BCUT2D eigenvalue weighted by atomic mass is 10.3. The van der Waals surface area contributed by atoms with Crippen molar-refractivity contribution in [3.8, 4) is 0 Å². The van der Waals surface area contributed by atoms with Gasteiger partial charge in [-0.1, -0.05) is 15.9 Å². The second-order valence-electron chi connectivity index (χ2n) is 2.61. The van der Waals surface area contributed by atoms with Crippen LogP contribution in [0.1, 0.15) is 5.56 Å². The Hall–Kier alpha value is 0.0900. The molecule has 0 aliphatic rings. The Bertz CT molecular complexity index is 347. The molecule has 0 fully saturated rings. The van der Waals surface area contributed by atoms with Crippen LogP contribution in [0.25, 0.3) is 0 Å². The van der Waals surface area contributed by atoms with E-state index >= 15 is 0 Å². The molecule has 13 heavy (non-hydrogen) atoms. The van der Waals surface area contributed by atoms with Crippen LogP contribution in [0.4, 0.5) is 0 Å². The quantitative estimate of drug-likeness (QED) is 0.791. The zero-order valence-electron chi connectivity index (χ0n) is 7.10. The molecule has 3 nitrogen and oxygen atoms in total. The van der Waals surface area contributed by atoms with Crippen LogP contribution in [0, 0.1) is 0 Å². The molecule has 0 aromatic carbocycles. The lowest BCUT2D eigenvalue weighted by Crippen LogP contribution is -2.26. The maximum atomic E-state index is 11.3. The van der Waals surface area contributed by atoms with Crippen LogP contribution in [0.5, 0.6) is 0 Å². The molecule has 6 heteroatoms. The summed E-state index contributed by atoms with van der Waals surface area (Å²) in [7, 11) is -1.54. The number of alkyl halides is 1. The molecule has 0 radical (unpaired) electrons. The van der Waals surface area contributed by atoms with Gasteiger partial charge in [0.25, 0.3) is 0 Å². The van der Waals surface area contributed by atoms with Gasteiger partial charge in [-0.2, -0.15) is 15.6 Å². The summed E-state index contributed by atoms with van der Waals surface area (Å²) in [6.07, 6.45) is 0. The van der Waals surface area contributed by atoms with Gasteiger partial charge >= 0.3 is 0 Å². The number of hydrogen-bond donors (Lipinski definition) is 0. The molecule has 1 heterocycles. The van der Waals surface area contributed by atoms with Crippen molar-refractivity contribution in [1.29, 1.82) is 0 Å². The topological polar surface area (TPSA) is 37.4 Å². The summed E-state index contributed by atoms with van der Waals surface area (Å²) in [5.41, 5.74) is 1.03. The van der Waals surface area contributed by atoms with E-state index in [9.17, 15) is 8.42 Å². The van der Waals surface area contributed by atoms with Gasteiger partial charge in [0.15, 0.2) is 0 Å². The van der Waals surface area contributed by atoms with Gasteiger partial charge in [-0.3, -0.25) is 0 Å². The van der Waals surface area contributed by atoms with Gasteiger partial charge in [0, 0.05) is 13.6 Å². The zero-order valence-corrected chi connectivity index (χ0v) is 10.3. The summed E-state index contributed by atoms with van der Waals surface area (Å²) in [5, 5.41) is 3.88. The summed E-state index contributed by atoms with van der Waals surface area (Å²) in [4.78, 5) is 0. The molecular formula is C7H10BrNO2S2. The van der Waals surface area contributed by atoms with Crippen molar-refractivity contribution >= 4 is 37.3 Å². The first kappa shape index (κ1) is 11.2. The standard InChI is InChI=1S/C7H10BrNO2S2/c1-9(13(10,11)6-8)4-7-2-3-12-5-7/h2-3,5H,4,6H2,1H3. The predicted molar refractivity (Wildman–Crippen MR) is 58.5 cm³/mol.